The van der Waals surface area contributed by atoms with E-state index in [2.05, 4.69) is 35.1 Å². The molecule has 10 aromatic rings. The van der Waals surface area contributed by atoms with E-state index in [1.165, 1.54) is 21.5 Å². The highest BCUT2D eigenvalue weighted by Gasteiger charge is 2.37. The Bertz CT molecular complexity index is 3760. The van der Waals surface area contributed by atoms with Gasteiger partial charge in [0.1, 0.15) is 31.5 Å². The van der Waals surface area contributed by atoms with Crippen molar-refractivity contribution in [3.63, 3.8) is 0 Å². The van der Waals surface area contributed by atoms with Crippen molar-refractivity contribution in [2.75, 3.05) is 6.54 Å². The normalized spacial score (nSPS) is 12.4. The Morgan fingerprint density at radius 3 is 1.89 bits per heavy atom. The number of pyridine rings is 1. The Morgan fingerprint density at radius 2 is 1.27 bits per heavy atom. The van der Waals surface area contributed by atoms with E-state index in [0.717, 1.165) is 38.3 Å². The summed E-state index contributed by atoms with van der Waals surface area (Å²) >= 11 is 0. The lowest BCUT2D eigenvalue weighted by Gasteiger charge is -2.17. The summed E-state index contributed by atoms with van der Waals surface area (Å²) in [5, 5.41) is 12.2. The zero-order valence-electron chi connectivity index (χ0n) is 37.4. The number of alkyl halides is 6. The van der Waals surface area contributed by atoms with Gasteiger partial charge in [0.05, 0.1) is 64.3 Å². The van der Waals surface area contributed by atoms with E-state index in [1.54, 1.807) is 132 Å². The van der Waals surface area contributed by atoms with Crippen LogP contribution in [0.4, 0.5) is 26.3 Å². The molecule has 8 aromatic heterocycles. The molecule has 0 aliphatic carbocycles. The van der Waals surface area contributed by atoms with Crippen molar-refractivity contribution in [3.8, 4) is 34.0 Å². The monoisotopic (exact) mass is 977 g/mol. The van der Waals surface area contributed by atoms with Gasteiger partial charge < -0.3 is 10.6 Å². The molecule has 10 rings (SSSR count). The minimum absolute atomic E-state index is 0.195. The Kier molecular flexibility index (Phi) is 12.2. The van der Waals surface area contributed by atoms with Crippen molar-refractivity contribution < 1.29 is 35.9 Å². The molecule has 1 atom stereocenters. The lowest BCUT2D eigenvalue weighted by molar-refractivity contribution is -0.158. The second kappa shape index (κ2) is 18.5. The van der Waals surface area contributed by atoms with Crippen molar-refractivity contribution in [2.45, 2.75) is 52.3 Å². The standard InChI is InChI=1S/C23H19F3N8O2.C23H18F3N7O2/c1-13-4-3-5-17-21(13)34(22(36)32(17)12-20(35)31-14(2)23(24,25)26)19-11-28-16(9-29-19)15-8-30-33-7-6-27-10-18(15)33;1-14-4-2-5-17-20(14)33(22(35)31(17)12-19(34)29-13-23(24,25)26)18-7-6-15(10-28-18)16-11-30-32-9-3-8-27-21(16)32/h3-11,14H,12H2,1-2H3,(H,31,35);2-11H,12-13H2,1H3,(H,29,34). The number of halogens is 6. The number of fused-ring (bicyclic) bond motifs is 4. The van der Waals surface area contributed by atoms with E-state index >= 15 is 0 Å². The maximum absolute atomic E-state index is 13.4. The number of para-hydroxylation sites is 2. The van der Waals surface area contributed by atoms with Gasteiger partial charge in [0, 0.05) is 47.7 Å². The largest absolute Gasteiger partial charge is 0.408 e. The molecule has 2 N–H and O–H groups in total. The first-order chi connectivity index (χ1) is 33.9. The van der Waals surface area contributed by atoms with Gasteiger partial charge in [-0.15, -0.1) is 0 Å². The number of carbonyl (C=O) groups excluding carboxylic acids is 2. The third-order valence-corrected chi connectivity index (χ3v) is 11.3. The highest BCUT2D eigenvalue weighted by molar-refractivity contribution is 5.86. The van der Waals surface area contributed by atoms with Crippen LogP contribution in [0.3, 0.4) is 0 Å². The number of nitrogens with zero attached hydrogens (tertiary/aromatic N) is 13. The van der Waals surface area contributed by atoms with Gasteiger partial charge in [-0.1, -0.05) is 24.3 Å². The van der Waals surface area contributed by atoms with Crippen LogP contribution in [0.2, 0.25) is 0 Å². The summed E-state index contributed by atoms with van der Waals surface area (Å²) in [5.74, 6) is -1.36. The molecule has 2 aromatic carbocycles. The maximum Gasteiger partial charge on any atom is 0.408 e. The molecule has 0 spiro atoms. The summed E-state index contributed by atoms with van der Waals surface area (Å²) in [4.78, 5) is 73.0. The molecular formula is C46H37F6N15O4. The fourth-order valence-corrected chi connectivity index (χ4v) is 7.90. The van der Waals surface area contributed by atoms with Gasteiger partial charge in [-0.05, 0) is 62.2 Å². The van der Waals surface area contributed by atoms with Crippen LogP contribution < -0.4 is 22.0 Å². The molecule has 25 heteroatoms. The fourth-order valence-electron chi connectivity index (χ4n) is 7.90. The van der Waals surface area contributed by atoms with Crippen LogP contribution in [0.15, 0.2) is 126 Å². The van der Waals surface area contributed by atoms with Gasteiger partial charge in [-0.2, -0.15) is 36.5 Å². The first-order valence-corrected chi connectivity index (χ1v) is 21.3. The van der Waals surface area contributed by atoms with Crippen LogP contribution >= 0.6 is 0 Å². The highest BCUT2D eigenvalue weighted by Crippen LogP contribution is 2.27. The molecule has 0 fully saturated rings. The van der Waals surface area contributed by atoms with E-state index in [4.69, 9.17) is 0 Å². The lowest BCUT2D eigenvalue weighted by atomic mass is 10.1. The zero-order valence-corrected chi connectivity index (χ0v) is 37.4. The third kappa shape index (κ3) is 9.30. The molecule has 0 saturated heterocycles. The number of nitrogens with one attached hydrogen (secondary N) is 2. The van der Waals surface area contributed by atoms with Gasteiger partial charge in [0.15, 0.2) is 11.5 Å². The van der Waals surface area contributed by atoms with Gasteiger partial charge in [-0.3, -0.25) is 28.7 Å². The second-order valence-electron chi connectivity index (χ2n) is 16.1. The van der Waals surface area contributed by atoms with Crippen LogP contribution in [-0.4, -0.2) is 99.2 Å². The van der Waals surface area contributed by atoms with E-state index < -0.39 is 61.2 Å². The van der Waals surface area contributed by atoms with Crippen molar-refractivity contribution in [2.24, 2.45) is 0 Å². The summed E-state index contributed by atoms with van der Waals surface area (Å²) in [6, 6.07) is 13.4. The summed E-state index contributed by atoms with van der Waals surface area (Å²) in [7, 11) is 0. The van der Waals surface area contributed by atoms with Gasteiger partial charge >= 0.3 is 23.7 Å². The highest BCUT2D eigenvalue weighted by atomic mass is 19.4. The van der Waals surface area contributed by atoms with E-state index in [-0.39, 0.29) is 5.82 Å². The molecular weight excluding hydrogens is 941 g/mol. The summed E-state index contributed by atoms with van der Waals surface area (Å²) in [5.41, 5.74) is 6.10. The maximum atomic E-state index is 13.4. The van der Waals surface area contributed by atoms with Crippen LogP contribution in [0.25, 0.3) is 67.3 Å². The van der Waals surface area contributed by atoms with Crippen molar-refractivity contribution >= 4 is 45.0 Å². The quantitative estimate of drug-likeness (QED) is 0.162. The number of imidazole rings is 2. The summed E-state index contributed by atoms with van der Waals surface area (Å²) < 4.78 is 84.2. The number of hydrogen-bond acceptors (Lipinski definition) is 11. The van der Waals surface area contributed by atoms with E-state index in [9.17, 15) is 45.5 Å². The molecule has 2 amide bonds. The Labute approximate surface area is 394 Å². The molecule has 0 radical (unpaired) electrons. The summed E-state index contributed by atoms with van der Waals surface area (Å²) in [6.45, 7) is 1.79. The van der Waals surface area contributed by atoms with E-state index in [1.807, 2.05) is 5.32 Å². The molecule has 8 heterocycles. The number of rotatable bonds is 10. The fraction of sp³-hybridized carbons (Fsp3) is 0.196. The predicted octanol–water partition coefficient (Wildman–Crippen LogP) is 5.55. The first kappa shape index (κ1) is 47.1. The first-order valence-electron chi connectivity index (χ1n) is 21.3. The van der Waals surface area contributed by atoms with Crippen molar-refractivity contribution in [3.05, 3.63) is 149 Å². The number of aryl methyl sites for hydroxylation is 2. The molecule has 0 bridgehead atoms. The Morgan fingerprint density at radius 1 is 0.634 bits per heavy atom. The molecule has 0 aliphatic rings. The molecule has 71 heavy (non-hydrogen) atoms. The number of aromatic nitrogens is 13. The second-order valence-corrected chi connectivity index (χ2v) is 16.1. The molecule has 362 valence electrons. The van der Waals surface area contributed by atoms with Gasteiger partial charge in [0.2, 0.25) is 11.8 Å². The lowest BCUT2D eigenvalue weighted by Crippen LogP contribution is -2.45. The third-order valence-electron chi connectivity index (χ3n) is 11.3. The number of carbonyl (C=O) groups is 2. The van der Waals surface area contributed by atoms with Crippen LogP contribution in [0.5, 0.6) is 0 Å². The predicted molar refractivity (Wildman–Crippen MR) is 245 cm³/mol. The number of amides is 2. The van der Waals surface area contributed by atoms with E-state index in [0.29, 0.717) is 50.4 Å². The molecule has 0 saturated carbocycles. The van der Waals surface area contributed by atoms with Gasteiger partial charge in [0.25, 0.3) is 0 Å². The smallest absolute Gasteiger partial charge is 0.345 e. The summed E-state index contributed by atoms with van der Waals surface area (Å²) in [6.07, 6.45) is 7.02. The molecule has 19 nitrogen and oxygen atoms in total. The van der Waals surface area contributed by atoms with Crippen molar-refractivity contribution in [1.82, 2.24) is 73.1 Å². The SMILES string of the molecule is Cc1cccc2c1n(-c1ccc(-c3cnn4cccnc34)cn1)c(=O)n2CC(=O)NCC(F)(F)F.Cc1cccc2c1n(-c1cnc(-c3cnn4ccncc34)cn1)c(=O)n2CC(=O)NC(C)C(F)(F)F. The minimum atomic E-state index is -4.60. The van der Waals surface area contributed by atoms with Crippen LogP contribution in [-0.2, 0) is 22.7 Å². The average molecular weight is 978 g/mol. The Balaban J connectivity index is 0.000000176. The molecule has 1 unspecified atom stereocenters. The van der Waals surface area contributed by atoms with Crippen molar-refractivity contribution in [1.29, 1.82) is 0 Å². The van der Waals surface area contributed by atoms with Gasteiger partial charge in [-0.25, -0.2) is 42.7 Å². The topological polar surface area (TPSA) is 211 Å². The Hall–Kier alpha value is -9.03. The minimum Gasteiger partial charge on any atom is -0.345 e. The molecule has 0 aliphatic heterocycles. The number of benzene rings is 2. The zero-order chi connectivity index (χ0) is 50.4. The van der Waals surface area contributed by atoms with Crippen LogP contribution in [0.1, 0.15) is 18.1 Å². The number of hydrogen-bond donors (Lipinski definition) is 2. The van der Waals surface area contributed by atoms with Crippen LogP contribution in [0, 0.1) is 13.8 Å². The average Bonchev–Trinajstić information content (AvgIpc) is 4.11.